The maximum atomic E-state index is 9.33. The molecule has 0 heterocycles. The lowest BCUT2D eigenvalue weighted by atomic mass is 10.0. The van der Waals surface area contributed by atoms with Gasteiger partial charge in [0.2, 0.25) is 0 Å². The molecule has 0 aliphatic carbocycles. The molecule has 0 fully saturated rings. The second-order valence-corrected chi connectivity index (χ2v) is 9.22. The quantitative estimate of drug-likeness (QED) is 0.286. The van der Waals surface area contributed by atoms with E-state index in [-0.39, 0.29) is 0 Å². The van der Waals surface area contributed by atoms with Gasteiger partial charge in [-0.05, 0) is 62.8 Å². The largest absolute Gasteiger partial charge is 0.508 e. The van der Waals surface area contributed by atoms with Crippen molar-refractivity contribution in [2.24, 2.45) is 0 Å². The van der Waals surface area contributed by atoms with Crippen molar-refractivity contribution in [3.8, 4) is 5.75 Å². The number of benzene rings is 1. The number of hydrogen-bond acceptors (Lipinski definition) is 6. The zero-order valence-corrected chi connectivity index (χ0v) is 17.6. The molecule has 0 bridgehead atoms. The van der Waals surface area contributed by atoms with Crippen LogP contribution in [0.25, 0.3) is 0 Å². The summed E-state index contributed by atoms with van der Waals surface area (Å²) in [7, 11) is -2.55. The van der Waals surface area contributed by atoms with Crippen molar-refractivity contribution in [2.75, 3.05) is 32.2 Å². The van der Waals surface area contributed by atoms with Crippen molar-refractivity contribution < 1.29 is 22.6 Å². The first kappa shape index (κ1) is 22.5. The monoisotopic (exact) mass is 388 g/mol. The van der Waals surface area contributed by atoms with E-state index < -0.39 is 8.80 Å². The summed E-state index contributed by atoms with van der Waals surface area (Å²) in [5.74, 6) is 1.54. The third-order valence-corrected chi connectivity index (χ3v) is 7.79. The van der Waals surface area contributed by atoms with E-state index in [1.54, 1.807) is 12.1 Å². The van der Waals surface area contributed by atoms with Gasteiger partial charge in [-0.25, -0.2) is 0 Å². The van der Waals surface area contributed by atoms with Crippen molar-refractivity contribution in [3.05, 3.63) is 29.8 Å². The molecule has 1 aromatic carbocycles. The fourth-order valence-electron chi connectivity index (χ4n) is 2.46. The summed E-state index contributed by atoms with van der Waals surface area (Å²) >= 11 is 1.48. The number of aromatic hydroxyl groups is 1. The van der Waals surface area contributed by atoms with Crippen LogP contribution < -0.4 is 0 Å². The molecule has 1 N–H and O–H groups in total. The molecule has 0 aromatic heterocycles. The van der Waals surface area contributed by atoms with Gasteiger partial charge >= 0.3 is 8.80 Å². The molecule has 1 aromatic rings. The van der Waals surface area contributed by atoms with E-state index in [0.29, 0.717) is 38.1 Å². The summed E-state index contributed by atoms with van der Waals surface area (Å²) in [6.45, 7) is 10.5. The lowest BCUT2D eigenvalue weighted by Gasteiger charge is -2.28. The summed E-state index contributed by atoms with van der Waals surface area (Å²) in [5, 5.41) is 9.33. The van der Waals surface area contributed by atoms with Crippen LogP contribution in [-0.2, 0) is 17.5 Å². The summed E-state index contributed by atoms with van der Waals surface area (Å²) < 4.78 is 23.2. The highest BCUT2D eigenvalue weighted by molar-refractivity contribution is 7.94. The molecule has 0 saturated carbocycles. The zero-order valence-electron chi connectivity index (χ0n) is 15.8. The van der Waals surface area contributed by atoms with E-state index in [9.17, 15) is 5.11 Å². The first-order chi connectivity index (χ1) is 12.1. The molecule has 144 valence electrons. The Kier molecular flexibility index (Phi) is 11.4. The summed E-state index contributed by atoms with van der Waals surface area (Å²) in [6.07, 6.45) is 0.854. The second kappa shape index (κ2) is 12.7. The molecule has 1 rings (SSSR count). The lowest BCUT2D eigenvalue weighted by Crippen LogP contribution is -2.46. The molecule has 7 heteroatoms. The molecular weight excluding hydrogens is 356 g/mol. The third-order valence-electron chi connectivity index (χ3n) is 3.67. The predicted octanol–water partition coefficient (Wildman–Crippen LogP) is 4.60. The van der Waals surface area contributed by atoms with Crippen molar-refractivity contribution in [3.63, 3.8) is 0 Å². The molecule has 0 spiro atoms. The minimum atomic E-state index is -2.55. The van der Waals surface area contributed by atoms with Crippen molar-refractivity contribution >= 4 is 20.8 Å². The Hall–Kier alpha value is -0.573. The molecule has 5 nitrogen and oxygen atoms in total. The first-order valence-electron chi connectivity index (χ1n) is 9.02. The van der Waals surface area contributed by atoms with Crippen molar-refractivity contribution in [1.82, 2.24) is 0 Å². The maximum Gasteiger partial charge on any atom is 0.501 e. The lowest BCUT2D eigenvalue weighted by molar-refractivity contribution is 0.0699. The smallest absolute Gasteiger partial charge is 0.501 e. The Labute approximate surface area is 157 Å². The fraction of sp³-hybridized carbons (Fsp3) is 0.667. The van der Waals surface area contributed by atoms with Crippen LogP contribution in [0.3, 0.4) is 0 Å². The van der Waals surface area contributed by atoms with Gasteiger partial charge in [-0.15, -0.1) is 0 Å². The molecule has 0 saturated heterocycles. The second-order valence-electron chi connectivity index (χ2n) is 5.68. The minimum Gasteiger partial charge on any atom is -0.508 e. The molecule has 0 aliphatic heterocycles. The van der Waals surface area contributed by atoms with E-state index in [4.69, 9.17) is 17.5 Å². The van der Waals surface area contributed by atoms with Crippen LogP contribution in [0.2, 0.25) is 6.04 Å². The normalized spacial score (nSPS) is 13.1. The molecule has 25 heavy (non-hydrogen) atoms. The molecule has 0 radical (unpaired) electrons. The SMILES string of the molecule is CCO[Si](CCCOSCC(C)c1ccc(O)cc1)(OCC)OCC. The van der Waals surface area contributed by atoms with E-state index in [0.717, 1.165) is 18.2 Å². The number of phenols is 1. The van der Waals surface area contributed by atoms with Crippen LogP contribution in [0.15, 0.2) is 24.3 Å². The van der Waals surface area contributed by atoms with Crippen LogP contribution in [0, 0.1) is 0 Å². The van der Waals surface area contributed by atoms with Gasteiger partial charge in [0.05, 0.1) is 6.61 Å². The van der Waals surface area contributed by atoms with Crippen LogP contribution in [-0.4, -0.2) is 46.1 Å². The summed E-state index contributed by atoms with van der Waals surface area (Å²) in [5.41, 5.74) is 1.20. The van der Waals surface area contributed by atoms with Crippen molar-refractivity contribution in [2.45, 2.75) is 46.1 Å². The van der Waals surface area contributed by atoms with E-state index in [2.05, 4.69) is 6.92 Å². The predicted molar refractivity (Wildman–Crippen MR) is 105 cm³/mol. The van der Waals surface area contributed by atoms with E-state index in [1.807, 2.05) is 32.9 Å². The number of phenolic OH excluding ortho intramolecular Hbond substituents is 1. The average molecular weight is 389 g/mol. The minimum absolute atomic E-state index is 0.297. The van der Waals surface area contributed by atoms with Gasteiger partial charge in [-0.3, -0.25) is 0 Å². The Balaban J connectivity index is 2.28. The Morgan fingerprint density at radius 2 is 1.56 bits per heavy atom. The highest BCUT2D eigenvalue weighted by Gasteiger charge is 2.39. The Morgan fingerprint density at radius 3 is 2.08 bits per heavy atom. The zero-order chi connectivity index (χ0) is 18.5. The van der Waals surface area contributed by atoms with Gasteiger partial charge in [0.15, 0.2) is 0 Å². The van der Waals surface area contributed by atoms with Gasteiger partial charge in [-0.2, -0.15) is 0 Å². The molecule has 0 aliphatic rings. The topological polar surface area (TPSA) is 57.2 Å². The van der Waals surface area contributed by atoms with Crippen LogP contribution in [0.1, 0.15) is 45.6 Å². The molecule has 1 atom stereocenters. The van der Waals surface area contributed by atoms with Gasteiger partial charge in [-0.1, -0.05) is 19.1 Å². The molecule has 1 unspecified atom stereocenters. The van der Waals surface area contributed by atoms with Crippen LogP contribution >= 0.6 is 12.0 Å². The van der Waals surface area contributed by atoms with Crippen LogP contribution in [0.5, 0.6) is 5.75 Å². The van der Waals surface area contributed by atoms with Gasteiger partial charge < -0.3 is 22.6 Å². The Bertz CT molecular complexity index is 440. The first-order valence-corrected chi connectivity index (χ1v) is 11.9. The highest BCUT2D eigenvalue weighted by atomic mass is 32.2. The van der Waals surface area contributed by atoms with Crippen molar-refractivity contribution in [1.29, 1.82) is 0 Å². The van der Waals surface area contributed by atoms with E-state index in [1.165, 1.54) is 17.6 Å². The van der Waals surface area contributed by atoms with Crippen LogP contribution in [0.4, 0.5) is 0 Å². The number of hydrogen-bond donors (Lipinski definition) is 1. The summed E-state index contributed by atoms with van der Waals surface area (Å²) in [6, 6.07) is 8.11. The number of rotatable bonds is 14. The maximum absolute atomic E-state index is 9.33. The average Bonchev–Trinajstić information content (AvgIpc) is 2.59. The summed E-state index contributed by atoms with van der Waals surface area (Å²) in [4.78, 5) is 0. The highest BCUT2D eigenvalue weighted by Crippen LogP contribution is 2.24. The van der Waals surface area contributed by atoms with Gasteiger partial charge in [0.1, 0.15) is 5.75 Å². The molecular formula is C18H32O5SSi. The third kappa shape index (κ3) is 8.57. The van der Waals surface area contributed by atoms with E-state index >= 15 is 0 Å². The standard InChI is InChI=1S/C18H32O5SSi/c1-5-21-25(22-6-2,23-7-3)14-8-13-20-24-15-16(4)17-9-11-18(19)12-10-17/h9-12,16,19H,5-8,13-15H2,1-4H3. The Morgan fingerprint density at radius 1 is 1.00 bits per heavy atom. The van der Waals surface area contributed by atoms with Gasteiger partial charge in [0, 0.05) is 31.6 Å². The van der Waals surface area contributed by atoms with Gasteiger partial charge in [0.25, 0.3) is 0 Å². The molecule has 0 amide bonds. The fourth-order valence-corrected chi connectivity index (χ4v) is 5.77.